The smallest absolute Gasteiger partial charge is 0.188 e. The van der Waals surface area contributed by atoms with Crippen LogP contribution < -0.4 is 0 Å². The average molecular weight is 246 g/mol. The lowest BCUT2D eigenvalue weighted by molar-refractivity contribution is 0.103. The molecule has 1 aromatic rings. The van der Waals surface area contributed by atoms with E-state index in [2.05, 4.69) is 6.58 Å². The lowest BCUT2D eigenvalue weighted by Crippen LogP contribution is -2.02. The second-order valence-electron chi connectivity index (χ2n) is 3.23. The molecular weight excluding hydrogens is 220 g/mol. The van der Waals surface area contributed by atoms with Crippen molar-refractivity contribution in [3.8, 4) is 0 Å². The highest BCUT2D eigenvalue weighted by atomic mass is 16.1. The highest BCUT2D eigenvalue weighted by molar-refractivity contribution is 6.09. The van der Waals surface area contributed by atoms with Gasteiger partial charge in [-0.2, -0.15) is 0 Å². The van der Waals surface area contributed by atoms with E-state index >= 15 is 0 Å². The predicted octanol–water partition coefficient (Wildman–Crippen LogP) is 5.36. The van der Waals surface area contributed by atoms with Crippen LogP contribution in [-0.2, 0) is 0 Å². The van der Waals surface area contributed by atoms with Crippen molar-refractivity contribution in [2.75, 3.05) is 0 Å². The number of benzene rings is 1. The lowest BCUT2D eigenvalue weighted by atomic mass is 10.00. The number of carbonyl (C=O) groups excluding carboxylic acids is 1. The summed E-state index contributed by atoms with van der Waals surface area (Å²) >= 11 is 0. The largest absolute Gasteiger partial charge is 0.289 e. The van der Waals surface area contributed by atoms with Gasteiger partial charge < -0.3 is 0 Å². The Morgan fingerprint density at radius 2 is 1.61 bits per heavy atom. The Kier molecular flexibility index (Phi) is 12.3. The van der Waals surface area contributed by atoms with Gasteiger partial charge in [0.05, 0.1) is 0 Å². The number of ketones is 1. The van der Waals surface area contributed by atoms with Gasteiger partial charge in [0.1, 0.15) is 0 Å². The van der Waals surface area contributed by atoms with Gasteiger partial charge in [0.25, 0.3) is 0 Å². The maximum Gasteiger partial charge on any atom is 0.188 e. The van der Waals surface area contributed by atoms with Gasteiger partial charge in [-0.25, -0.2) is 0 Å². The van der Waals surface area contributed by atoms with E-state index in [9.17, 15) is 4.79 Å². The van der Waals surface area contributed by atoms with Crippen LogP contribution in [0.4, 0.5) is 0 Å². The summed E-state index contributed by atoms with van der Waals surface area (Å²) in [5.74, 6) is 0.0722. The zero-order valence-corrected chi connectivity index (χ0v) is 12.6. The first-order valence-electron chi connectivity index (χ1n) is 6.56. The van der Waals surface area contributed by atoms with E-state index in [0.29, 0.717) is 5.57 Å². The van der Waals surface area contributed by atoms with Crippen molar-refractivity contribution in [1.82, 2.24) is 0 Å². The van der Waals surface area contributed by atoms with Crippen LogP contribution in [0, 0.1) is 6.92 Å². The molecule has 0 heterocycles. The minimum atomic E-state index is 0.0722. The molecule has 0 aliphatic carbocycles. The molecule has 0 N–H and O–H groups in total. The van der Waals surface area contributed by atoms with Gasteiger partial charge in [0, 0.05) is 5.56 Å². The Labute approximate surface area is 112 Å². The third kappa shape index (κ3) is 6.19. The Morgan fingerprint density at radius 1 is 1.11 bits per heavy atom. The lowest BCUT2D eigenvalue weighted by Gasteiger charge is -2.03. The Balaban J connectivity index is 0. The quantitative estimate of drug-likeness (QED) is 0.398. The van der Waals surface area contributed by atoms with Crippen molar-refractivity contribution < 1.29 is 4.79 Å². The minimum Gasteiger partial charge on any atom is -0.289 e. The molecule has 1 heteroatoms. The zero-order chi connectivity index (χ0) is 14.6. The number of carbonyl (C=O) groups is 1. The normalized spacial score (nSPS) is 9.33. The highest BCUT2D eigenvalue weighted by Crippen LogP contribution is 2.12. The molecule has 0 atom stereocenters. The molecule has 0 radical (unpaired) electrons. The first-order valence-corrected chi connectivity index (χ1v) is 6.56. The molecule has 0 aliphatic heterocycles. The van der Waals surface area contributed by atoms with Gasteiger partial charge in [-0.15, -0.1) is 0 Å². The number of aryl methyl sites for hydroxylation is 1. The van der Waals surface area contributed by atoms with Crippen molar-refractivity contribution in [3.63, 3.8) is 0 Å². The van der Waals surface area contributed by atoms with Crippen LogP contribution in [0.2, 0.25) is 0 Å². The fourth-order valence-electron chi connectivity index (χ4n) is 1.29. The van der Waals surface area contributed by atoms with Gasteiger partial charge >= 0.3 is 0 Å². The number of rotatable bonds is 3. The van der Waals surface area contributed by atoms with Crippen LogP contribution in [-0.4, -0.2) is 5.78 Å². The van der Waals surface area contributed by atoms with Crippen molar-refractivity contribution in [1.29, 1.82) is 0 Å². The Morgan fingerprint density at radius 3 is 2.06 bits per heavy atom. The van der Waals surface area contributed by atoms with E-state index in [0.717, 1.165) is 11.1 Å². The van der Waals surface area contributed by atoms with Gasteiger partial charge in [0.2, 0.25) is 0 Å². The first-order chi connectivity index (χ1) is 8.66. The summed E-state index contributed by atoms with van der Waals surface area (Å²) in [5.41, 5.74) is 2.49. The van der Waals surface area contributed by atoms with Crippen molar-refractivity contribution in [2.24, 2.45) is 0 Å². The van der Waals surface area contributed by atoms with Gasteiger partial charge in [0.15, 0.2) is 5.78 Å². The summed E-state index contributed by atoms with van der Waals surface area (Å²) in [5, 5.41) is 0. The van der Waals surface area contributed by atoms with Crippen LogP contribution in [0.25, 0.3) is 0 Å². The second-order valence-corrected chi connectivity index (χ2v) is 3.23. The summed E-state index contributed by atoms with van der Waals surface area (Å²) in [6, 6.07) is 7.59. The third-order valence-corrected chi connectivity index (χ3v) is 2.12. The molecule has 0 fully saturated rings. The van der Waals surface area contributed by atoms with Crippen molar-refractivity contribution >= 4 is 5.78 Å². The number of hydrogen-bond acceptors (Lipinski definition) is 1. The molecule has 18 heavy (non-hydrogen) atoms. The number of hydrogen-bond donors (Lipinski definition) is 0. The summed E-state index contributed by atoms with van der Waals surface area (Å²) < 4.78 is 0. The summed E-state index contributed by atoms with van der Waals surface area (Å²) in [7, 11) is 0. The van der Waals surface area contributed by atoms with E-state index in [1.807, 2.05) is 58.9 Å². The van der Waals surface area contributed by atoms with Gasteiger partial charge in [-0.05, 0) is 25.0 Å². The minimum absolute atomic E-state index is 0.0722. The van der Waals surface area contributed by atoms with Crippen molar-refractivity contribution in [2.45, 2.75) is 41.5 Å². The molecule has 0 amide bonds. The molecule has 0 spiro atoms. The second kappa shape index (κ2) is 11.8. The SMILES string of the molecule is C=C/C=C(\C)C(=O)c1ccccc1C.CC.CC. The van der Waals surface area contributed by atoms with E-state index in [-0.39, 0.29) is 5.78 Å². The summed E-state index contributed by atoms with van der Waals surface area (Å²) in [6.45, 7) is 15.3. The molecule has 0 saturated carbocycles. The average Bonchev–Trinajstić information content (AvgIpc) is 2.43. The molecular formula is C17H26O. The van der Waals surface area contributed by atoms with Gasteiger partial charge in [-0.3, -0.25) is 4.79 Å². The van der Waals surface area contributed by atoms with Gasteiger partial charge in [-0.1, -0.05) is 70.7 Å². The maximum absolute atomic E-state index is 11.8. The zero-order valence-electron chi connectivity index (χ0n) is 12.6. The van der Waals surface area contributed by atoms with Crippen LogP contribution in [0.1, 0.15) is 50.5 Å². The van der Waals surface area contributed by atoms with E-state index in [1.165, 1.54) is 0 Å². The Hall–Kier alpha value is -1.63. The van der Waals surface area contributed by atoms with Crippen LogP contribution in [0.15, 0.2) is 48.6 Å². The standard InChI is InChI=1S/C13H14O.2C2H6/c1-4-7-11(3)13(14)12-9-6-5-8-10(12)2;2*1-2/h4-9H,1H2,2-3H3;2*1-2H3/b11-7+;;. The molecule has 0 bridgehead atoms. The molecule has 1 rings (SSSR count). The first kappa shape index (κ1) is 18.7. The van der Waals surface area contributed by atoms with Crippen molar-refractivity contribution in [3.05, 3.63) is 59.7 Å². The predicted molar refractivity (Wildman–Crippen MR) is 82.2 cm³/mol. The maximum atomic E-state index is 11.8. The van der Waals surface area contributed by atoms with E-state index in [1.54, 1.807) is 19.1 Å². The molecule has 0 aliphatic rings. The number of allylic oxidation sites excluding steroid dienone is 3. The highest BCUT2D eigenvalue weighted by Gasteiger charge is 2.08. The summed E-state index contributed by atoms with van der Waals surface area (Å²) in [6.07, 6.45) is 3.36. The monoisotopic (exact) mass is 246 g/mol. The fourth-order valence-corrected chi connectivity index (χ4v) is 1.29. The molecule has 1 aromatic carbocycles. The Bertz CT molecular complexity index is 386. The molecule has 0 unspecified atom stereocenters. The van der Waals surface area contributed by atoms with E-state index in [4.69, 9.17) is 0 Å². The summed E-state index contributed by atoms with van der Waals surface area (Å²) in [4.78, 5) is 11.8. The molecule has 0 saturated heterocycles. The molecule has 1 nitrogen and oxygen atoms in total. The van der Waals surface area contributed by atoms with Crippen LogP contribution >= 0.6 is 0 Å². The topological polar surface area (TPSA) is 17.1 Å². The fraction of sp³-hybridized carbons (Fsp3) is 0.353. The molecule has 0 aromatic heterocycles. The molecule has 100 valence electrons. The van der Waals surface area contributed by atoms with Crippen LogP contribution in [0.5, 0.6) is 0 Å². The third-order valence-electron chi connectivity index (χ3n) is 2.12. The van der Waals surface area contributed by atoms with Crippen LogP contribution in [0.3, 0.4) is 0 Å². The van der Waals surface area contributed by atoms with E-state index < -0.39 is 0 Å². The number of Topliss-reactive ketones (excluding diaryl/α,β-unsaturated/α-hetero) is 1.